The third kappa shape index (κ3) is 5.46. The summed E-state index contributed by atoms with van der Waals surface area (Å²) < 4.78 is 7.05. The van der Waals surface area contributed by atoms with Gasteiger partial charge in [-0.15, -0.1) is 0 Å². The lowest BCUT2D eigenvalue weighted by atomic mass is 9.96. The molecule has 9 heteroatoms. The minimum atomic E-state index is -0.384. The van der Waals surface area contributed by atoms with E-state index in [1.54, 1.807) is 12.3 Å². The predicted octanol–water partition coefficient (Wildman–Crippen LogP) is 5.28. The van der Waals surface area contributed by atoms with Crippen LogP contribution in [0.25, 0.3) is 5.69 Å². The Morgan fingerprint density at radius 1 is 1.02 bits per heavy atom. The molecule has 4 aromatic rings. The van der Waals surface area contributed by atoms with E-state index in [1.807, 2.05) is 73.7 Å². The number of esters is 1. The number of pyridine rings is 1. The molecule has 2 N–H and O–H groups in total. The molecule has 2 aromatic carbocycles. The van der Waals surface area contributed by atoms with Crippen molar-refractivity contribution in [1.29, 1.82) is 0 Å². The molecule has 1 aliphatic heterocycles. The first-order valence-electron chi connectivity index (χ1n) is 13.1. The number of nitrogens with zero attached hydrogens (tertiary/aromatic N) is 3. The lowest BCUT2D eigenvalue weighted by Gasteiger charge is -2.28. The normalized spacial score (nSPS) is 16.5. The van der Waals surface area contributed by atoms with E-state index < -0.39 is 0 Å². The summed E-state index contributed by atoms with van der Waals surface area (Å²) in [5, 5.41) is 7.00. The Hall–Kier alpha value is -4.50. The van der Waals surface area contributed by atoms with Gasteiger partial charge in [-0.25, -0.2) is 4.79 Å². The van der Waals surface area contributed by atoms with E-state index in [1.165, 1.54) is 7.11 Å². The Bertz CT molecular complexity index is 1540. The zero-order valence-electron chi connectivity index (χ0n) is 22.6. The van der Waals surface area contributed by atoms with Gasteiger partial charge in [-0.3, -0.25) is 9.78 Å². The highest BCUT2D eigenvalue weighted by Gasteiger charge is 2.41. The molecule has 204 valence electrons. The highest BCUT2D eigenvalue weighted by atomic mass is 32.1. The quantitative estimate of drug-likeness (QED) is 0.227. The third-order valence-electron chi connectivity index (χ3n) is 7.15. The Morgan fingerprint density at radius 2 is 1.80 bits per heavy atom. The number of hydrogen-bond acceptors (Lipinski definition) is 5. The van der Waals surface area contributed by atoms with Gasteiger partial charge in [0.2, 0.25) is 5.91 Å². The molecule has 3 heterocycles. The summed E-state index contributed by atoms with van der Waals surface area (Å²) in [6, 6.07) is 24.4. The number of rotatable bonds is 8. The van der Waals surface area contributed by atoms with Crippen molar-refractivity contribution in [2.45, 2.75) is 32.4 Å². The summed E-state index contributed by atoms with van der Waals surface area (Å²) in [6.07, 6.45) is 2.04. The number of hydrogen-bond donors (Lipinski definition) is 2. The Kier molecular flexibility index (Phi) is 7.93. The van der Waals surface area contributed by atoms with Crippen LogP contribution in [0, 0.1) is 13.8 Å². The van der Waals surface area contributed by atoms with Gasteiger partial charge in [0.1, 0.15) is 0 Å². The summed E-state index contributed by atoms with van der Waals surface area (Å²) in [5.74, 6) is -0.468. The van der Waals surface area contributed by atoms with Gasteiger partial charge in [-0.2, -0.15) is 0 Å². The van der Waals surface area contributed by atoms with E-state index in [9.17, 15) is 9.59 Å². The van der Waals surface area contributed by atoms with Gasteiger partial charge >= 0.3 is 5.97 Å². The van der Waals surface area contributed by atoms with Gasteiger partial charge in [0.15, 0.2) is 5.11 Å². The van der Waals surface area contributed by atoms with Crippen LogP contribution in [0.4, 0.5) is 5.69 Å². The molecule has 40 heavy (non-hydrogen) atoms. The van der Waals surface area contributed by atoms with Gasteiger partial charge in [-0.1, -0.05) is 30.3 Å². The molecule has 1 aliphatic rings. The minimum Gasteiger partial charge on any atom is -0.465 e. The maximum atomic E-state index is 12.8. The van der Waals surface area contributed by atoms with Gasteiger partial charge in [0.05, 0.1) is 30.5 Å². The average molecular weight is 554 g/mol. The number of ether oxygens (including phenoxy) is 1. The fourth-order valence-corrected chi connectivity index (χ4v) is 5.66. The van der Waals surface area contributed by atoms with Crippen LogP contribution >= 0.6 is 12.2 Å². The van der Waals surface area contributed by atoms with Crippen molar-refractivity contribution in [2.24, 2.45) is 0 Å². The fraction of sp³-hybridized carbons (Fsp3) is 0.226. The standard InChI is InChI=1S/C31H31N5O3S/c1-20-18-25(21(2)36(20)24-13-9-10-22(19-24)30(38)39-3)29-28(26-14-7-8-16-32-26)34-31(40)35(29)17-15-27(37)33-23-11-5-4-6-12-23/h4-14,16,18-19,28-29H,15,17H2,1-3H3,(H,33,37)(H,34,40)/t28-,29+/m0/s1. The number of para-hydroxylation sites is 1. The molecular weight excluding hydrogens is 522 g/mol. The van der Waals surface area contributed by atoms with Crippen molar-refractivity contribution in [3.8, 4) is 5.69 Å². The number of carbonyl (C=O) groups is 2. The fourth-order valence-electron chi connectivity index (χ4n) is 5.33. The minimum absolute atomic E-state index is 0.0841. The van der Waals surface area contributed by atoms with E-state index in [0.29, 0.717) is 17.2 Å². The number of nitrogens with one attached hydrogen (secondary N) is 2. The number of anilines is 1. The van der Waals surface area contributed by atoms with E-state index in [4.69, 9.17) is 17.0 Å². The van der Waals surface area contributed by atoms with Crippen molar-refractivity contribution in [3.05, 3.63) is 113 Å². The van der Waals surface area contributed by atoms with Crippen LogP contribution in [0.2, 0.25) is 0 Å². The van der Waals surface area contributed by atoms with E-state index in [0.717, 1.165) is 34.0 Å². The largest absolute Gasteiger partial charge is 0.465 e. The summed E-state index contributed by atoms with van der Waals surface area (Å²) >= 11 is 5.81. The van der Waals surface area contributed by atoms with Crippen LogP contribution in [0.15, 0.2) is 85.1 Å². The van der Waals surface area contributed by atoms with Crippen LogP contribution in [-0.4, -0.2) is 45.1 Å². The van der Waals surface area contributed by atoms with Crippen molar-refractivity contribution in [3.63, 3.8) is 0 Å². The second-order valence-electron chi connectivity index (χ2n) is 9.69. The molecule has 0 aliphatic carbocycles. The number of benzene rings is 2. The third-order valence-corrected chi connectivity index (χ3v) is 7.50. The van der Waals surface area contributed by atoms with Crippen molar-refractivity contribution in [1.82, 2.24) is 19.8 Å². The topological polar surface area (TPSA) is 88.5 Å². The first-order chi connectivity index (χ1) is 19.4. The highest BCUT2D eigenvalue weighted by Crippen LogP contribution is 2.41. The molecular formula is C31H31N5O3S. The second kappa shape index (κ2) is 11.7. The van der Waals surface area contributed by atoms with E-state index >= 15 is 0 Å². The van der Waals surface area contributed by atoms with E-state index in [-0.39, 0.29) is 30.4 Å². The molecule has 0 bridgehead atoms. The number of aromatic nitrogens is 2. The molecule has 2 atom stereocenters. The van der Waals surface area contributed by atoms with Gasteiger partial charge in [-0.05, 0) is 80.2 Å². The van der Waals surface area contributed by atoms with Gasteiger partial charge < -0.3 is 24.8 Å². The molecule has 0 unspecified atom stereocenters. The Labute approximate surface area is 239 Å². The zero-order chi connectivity index (χ0) is 28.2. The molecule has 2 aromatic heterocycles. The predicted molar refractivity (Wildman–Crippen MR) is 158 cm³/mol. The lowest BCUT2D eigenvalue weighted by molar-refractivity contribution is -0.116. The Balaban J connectivity index is 1.49. The number of aryl methyl sites for hydroxylation is 1. The molecule has 1 amide bonds. The SMILES string of the molecule is COC(=O)c1cccc(-n2c(C)cc([C@@H]3[C@H](c4ccccn4)NC(=S)N3CCC(=O)Nc3ccccc3)c2C)c1. The van der Waals surface area contributed by atoms with Crippen LogP contribution in [0.5, 0.6) is 0 Å². The Morgan fingerprint density at radius 3 is 2.52 bits per heavy atom. The first kappa shape index (κ1) is 27.1. The monoisotopic (exact) mass is 553 g/mol. The molecule has 1 saturated heterocycles. The molecule has 5 rings (SSSR count). The molecule has 8 nitrogen and oxygen atoms in total. The maximum Gasteiger partial charge on any atom is 0.337 e. The summed E-state index contributed by atoms with van der Waals surface area (Å²) in [5.41, 5.74) is 6.05. The average Bonchev–Trinajstić information content (AvgIpc) is 3.46. The smallest absolute Gasteiger partial charge is 0.337 e. The molecule has 0 radical (unpaired) electrons. The molecule has 0 saturated carbocycles. The number of carbonyl (C=O) groups excluding carboxylic acids is 2. The summed E-state index contributed by atoms with van der Waals surface area (Å²) in [6.45, 7) is 4.53. The van der Waals surface area contributed by atoms with Crippen molar-refractivity contribution < 1.29 is 14.3 Å². The second-order valence-corrected chi connectivity index (χ2v) is 10.1. The molecule has 1 fully saturated rings. The van der Waals surface area contributed by atoms with Crippen molar-refractivity contribution >= 4 is 34.9 Å². The highest BCUT2D eigenvalue weighted by molar-refractivity contribution is 7.80. The zero-order valence-corrected chi connectivity index (χ0v) is 23.4. The number of thiocarbonyl (C=S) groups is 1. The van der Waals surface area contributed by atoms with Crippen LogP contribution in [-0.2, 0) is 9.53 Å². The summed E-state index contributed by atoms with van der Waals surface area (Å²) in [7, 11) is 1.38. The van der Waals surface area contributed by atoms with Crippen LogP contribution < -0.4 is 10.6 Å². The van der Waals surface area contributed by atoms with Gasteiger partial charge in [0, 0.05) is 41.9 Å². The van der Waals surface area contributed by atoms with Crippen LogP contribution in [0.3, 0.4) is 0 Å². The maximum absolute atomic E-state index is 12.8. The number of methoxy groups -OCH3 is 1. The van der Waals surface area contributed by atoms with E-state index in [2.05, 4.69) is 38.1 Å². The number of amides is 1. The first-order valence-corrected chi connectivity index (χ1v) is 13.5. The van der Waals surface area contributed by atoms with Crippen LogP contribution in [0.1, 0.15) is 51.5 Å². The molecule has 0 spiro atoms. The summed E-state index contributed by atoms with van der Waals surface area (Å²) in [4.78, 5) is 31.7. The van der Waals surface area contributed by atoms with Crippen molar-refractivity contribution in [2.75, 3.05) is 19.0 Å². The lowest BCUT2D eigenvalue weighted by Crippen LogP contribution is -2.32. The van der Waals surface area contributed by atoms with Gasteiger partial charge in [0.25, 0.3) is 0 Å².